The van der Waals surface area contributed by atoms with Crippen molar-refractivity contribution >= 4 is 11.8 Å². The molecule has 0 atom stereocenters. The first kappa shape index (κ1) is 14.8. The number of nitrogens with zero attached hydrogens (tertiary/aromatic N) is 1. The van der Waals surface area contributed by atoms with E-state index in [0.29, 0.717) is 5.88 Å². The van der Waals surface area contributed by atoms with E-state index < -0.39 is 0 Å². The van der Waals surface area contributed by atoms with Crippen molar-refractivity contribution in [2.75, 3.05) is 12.4 Å². The number of anilines is 1. The lowest BCUT2D eigenvalue weighted by Crippen LogP contribution is -2.14. The van der Waals surface area contributed by atoms with Gasteiger partial charge in [-0.1, -0.05) is 47.6 Å². The van der Waals surface area contributed by atoms with Gasteiger partial charge in [-0.05, 0) is 23.3 Å². The Balaban J connectivity index is 1.74. The van der Waals surface area contributed by atoms with Gasteiger partial charge in [0.05, 0.1) is 25.3 Å². The molecular weight excluding hydrogens is 292 g/mol. The predicted molar refractivity (Wildman–Crippen MR) is 87.3 cm³/mol. The SMILES string of the molecule is COc1ccc(-c2cnoc2NC(=O)Cc2ccccc2)cc1. The minimum atomic E-state index is -0.150. The molecule has 0 saturated carbocycles. The van der Waals surface area contributed by atoms with Crippen LogP contribution in [0.5, 0.6) is 5.75 Å². The quantitative estimate of drug-likeness (QED) is 0.783. The molecule has 0 radical (unpaired) electrons. The largest absolute Gasteiger partial charge is 0.497 e. The second-order valence-corrected chi connectivity index (χ2v) is 5.01. The molecule has 3 rings (SSSR count). The van der Waals surface area contributed by atoms with Crippen LogP contribution in [0.1, 0.15) is 5.56 Å². The normalized spacial score (nSPS) is 10.3. The van der Waals surface area contributed by atoms with E-state index in [9.17, 15) is 4.79 Å². The van der Waals surface area contributed by atoms with Gasteiger partial charge in [0.15, 0.2) is 0 Å². The molecule has 116 valence electrons. The van der Waals surface area contributed by atoms with Gasteiger partial charge in [0.2, 0.25) is 11.8 Å². The molecule has 5 heteroatoms. The Morgan fingerprint density at radius 2 is 1.87 bits per heavy atom. The molecule has 0 aliphatic heterocycles. The molecule has 1 aromatic heterocycles. The van der Waals surface area contributed by atoms with Crippen LogP contribution in [-0.2, 0) is 11.2 Å². The molecule has 0 unspecified atom stereocenters. The van der Waals surface area contributed by atoms with E-state index in [4.69, 9.17) is 9.26 Å². The second-order valence-electron chi connectivity index (χ2n) is 5.01. The van der Waals surface area contributed by atoms with Crippen molar-refractivity contribution < 1.29 is 14.1 Å². The summed E-state index contributed by atoms with van der Waals surface area (Å²) in [5, 5.41) is 6.55. The molecule has 2 aromatic carbocycles. The summed E-state index contributed by atoms with van der Waals surface area (Å²) in [4.78, 5) is 12.1. The standard InChI is InChI=1S/C18H16N2O3/c1-22-15-9-7-14(8-10-15)16-12-19-23-18(16)20-17(21)11-13-5-3-2-4-6-13/h2-10,12H,11H2,1H3,(H,20,21). The highest BCUT2D eigenvalue weighted by Crippen LogP contribution is 2.29. The van der Waals surface area contributed by atoms with Gasteiger partial charge in [-0.25, -0.2) is 0 Å². The maximum Gasteiger partial charge on any atom is 0.239 e. The number of carbonyl (C=O) groups is 1. The summed E-state index contributed by atoms with van der Waals surface area (Å²) in [6.45, 7) is 0. The topological polar surface area (TPSA) is 64.4 Å². The monoisotopic (exact) mass is 308 g/mol. The third-order valence-electron chi connectivity index (χ3n) is 3.43. The van der Waals surface area contributed by atoms with Crippen molar-refractivity contribution in [3.8, 4) is 16.9 Å². The summed E-state index contributed by atoms with van der Waals surface area (Å²) < 4.78 is 10.3. The number of hydrogen-bond acceptors (Lipinski definition) is 4. The van der Waals surface area contributed by atoms with Crippen molar-refractivity contribution in [1.82, 2.24) is 5.16 Å². The van der Waals surface area contributed by atoms with E-state index in [1.54, 1.807) is 13.3 Å². The maximum atomic E-state index is 12.1. The number of hydrogen-bond donors (Lipinski definition) is 1. The Labute approximate surface area is 133 Å². The Hall–Kier alpha value is -3.08. The number of amides is 1. The molecule has 0 saturated heterocycles. The fourth-order valence-electron chi connectivity index (χ4n) is 2.26. The molecule has 3 aromatic rings. The zero-order valence-electron chi connectivity index (χ0n) is 12.7. The van der Waals surface area contributed by atoms with Crippen LogP contribution >= 0.6 is 0 Å². The van der Waals surface area contributed by atoms with Gasteiger partial charge in [-0.15, -0.1) is 0 Å². The summed E-state index contributed by atoms with van der Waals surface area (Å²) in [6.07, 6.45) is 1.86. The van der Waals surface area contributed by atoms with Crippen LogP contribution in [-0.4, -0.2) is 18.2 Å². The minimum Gasteiger partial charge on any atom is -0.497 e. The fraction of sp³-hybridized carbons (Fsp3) is 0.111. The van der Waals surface area contributed by atoms with Crippen molar-refractivity contribution in [1.29, 1.82) is 0 Å². The molecule has 0 fully saturated rings. The summed E-state index contributed by atoms with van der Waals surface area (Å²) >= 11 is 0. The number of rotatable bonds is 5. The molecule has 23 heavy (non-hydrogen) atoms. The van der Waals surface area contributed by atoms with Crippen LogP contribution in [0.2, 0.25) is 0 Å². The second kappa shape index (κ2) is 6.79. The molecule has 1 amide bonds. The van der Waals surface area contributed by atoms with Gasteiger partial charge < -0.3 is 9.26 Å². The molecule has 1 heterocycles. The van der Waals surface area contributed by atoms with Crippen molar-refractivity contribution in [2.24, 2.45) is 0 Å². The average Bonchev–Trinajstić information content (AvgIpc) is 3.03. The molecule has 0 aliphatic carbocycles. The van der Waals surface area contributed by atoms with Crippen molar-refractivity contribution in [2.45, 2.75) is 6.42 Å². The summed E-state index contributed by atoms with van der Waals surface area (Å²) in [5.41, 5.74) is 2.56. The van der Waals surface area contributed by atoms with Crippen LogP contribution in [0.3, 0.4) is 0 Å². The zero-order valence-corrected chi connectivity index (χ0v) is 12.7. The van der Waals surface area contributed by atoms with Crippen LogP contribution in [0.4, 0.5) is 5.88 Å². The van der Waals surface area contributed by atoms with Crippen LogP contribution in [0.15, 0.2) is 65.3 Å². The van der Waals surface area contributed by atoms with Crippen LogP contribution < -0.4 is 10.1 Å². The van der Waals surface area contributed by atoms with Gasteiger partial charge in [0, 0.05) is 0 Å². The molecule has 0 aliphatic rings. The number of nitrogens with one attached hydrogen (secondary N) is 1. The lowest BCUT2D eigenvalue weighted by Gasteiger charge is -2.05. The van der Waals surface area contributed by atoms with E-state index in [-0.39, 0.29) is 12.3 Å². The van der Waals surface area contributed by atoms with Gasteiger partial charge in [-0.2, -0.15) is 0 Å². The zero-order chi connectivity index (χ0) is 16.1. The highest BCUT2D eigenvalue weighted by molar-refractivity contribution is 5.94. The van der Waals surface area contributed by atoms with E-state index in [2.05, 4.69) is 10.5 Å². The van der Waals surface area contributed by atoms with Gasteiger partial charge in [0.25, 0.3) is 0 Å². The molecular formula is C18H16N2O3. The Bertz CT molecular complexity index is 780. The smallest absolute Gasteiger partial charge is 0.239 e. The Kier molecular flexibility index (Phi) is 4.38. The number of benzene rings is 2. The number of ether oxygens (including phenoxy) is 1. The van der Waals surface area contributed by atoms with E-state index in [0.717, 1.165) is 22.4 Å². The molecule has 5 nitrogen and oxygen atoms in total. The fourth-order valence-corrected chi connectivity index (χ4v) is 2.26. The van der Waals surface area contributed by atoms with Crippen molar-refractivity contribution in [3.05, 3.63) is 66.4 Å². The van der Waals surface area contributed by atoms with E-state index in [1.807, 2.05) is 54.6 Å². The van der Waals surface area contributed by atoms with Gasteiger partial charge >= 0.3 is 0 Å². The van der Waals surface area contributed by atoms with E-state index >= 15 is 0 Å². The summed E-state index contributed by atoms with van der Waals surface area (Å²) in [5.74, 6) is 0.957. The van der Waals surface area contributed by atoms with Gasteiger partial charge in [-0.3, -0.25) is 10.1 Å². The molecule has 1 N–H and O–H groups in total. The summed E-state index contributed by atoms with van der Waals surface area (Å²) in [6, 6.07) is 17.0. The number of carbonyl (C=O) groups excluding carboxylic acids is 1. The highest BCUT2D eigenvalue weighted by atomic mass is 16.5. The maximum absolute atomic E-state index is 12.1. The number of methoxy groups -OCH3 is 1. The number of aromatic nitrogens is 1. The van der Waals surface area contributed by atoms with Crippen molar-refractivity contribution in [3.63, 3.8) is 0 Å². The minimum absolute atomic E-state index is 0.150. The Morgan fingerprint density at radius 3 is 2.57 bits per heavy atom. The first-order valence-corrected chi connectivity index (χ1v) is 7.19. The first-order chi connectivity index (χ1) is 11.3. The van der Waals surface area contributed by atoms with Gasteiger partial charge in [0.1, 0.15) is 5.75 Å². The summed E-state index contributed by atoms with van der Waals surface area (Å²) in [7, 11) is 1.61. The highest BCUT2D eigenvalue weighted by Gasteiger charge is 2.14. The van der Waals surface area contributed by atoms with Crippen LogP contribution in [0, 0.1) is 0 Å². The lowest BCUT2D eigenvalue weighted by molar-refractivity contribution is -0.115. The third-order valence-corrected chi connectivity index (χ3v) is 3.43. The Morgan fingerprint density at radius 1 is 1.13 bits per heavy atom. The third kappa shape index (κ3) is 3.58. The van der Waals surface area contributed by atoms with Crippen LogP contribution in [0.25, 0.3) is 11.1 Å². The first-order valence-electron chi connectivity index (χ1n) is 7.19. The molecule has 0 bridgehead atoms. The molecule has 0 spiro atoms. The van der Waals surface area contributed by atoms with E-state index in [1.165, 1.54) is 0 Å². The average molecular weight is 308 g/mol. The lowest BCUT2D eigenvalue weighted by atomic mass is 10.1. The predicted octanol–water partition coefficient (Wildman–Crippen LogP) is 3.53.